The van der Waals surface area contributed by atoms with Crippen LogP contribution in [0.3, 0.4) is 0 Å². The number of nitrogens with zero attached hydrogens (tertiary/aromatic N) is 1. The molecular formula is C16H19NO2S2. The third kappa shape index (κ3) is 3.20. The van der Waals surface area contributed by atoms with Crippen LogP contribution < -0.4 is 0 Å². The first-order valence-electron chi connectivity index (χ1n) is 7.18. The molecule has 1 heterocycles. The van der Waals surface area contributed by atoms with Gasteiger partial charge in [0.25, 0.3) is 10.0 Å². The molecule has 3 rings (SSSR count). The zero-order chi connectivity index (χ0) is 14.9. The molecule has 0 saturated heterocycles. The molecule has 3 nitrogen and oxygen atoms in total. The second kappa shape index (κ2) is 5.91. The van der Waals surface area contributed by atoms with Crippen LogP contribution in [-0.2, 0) is 16.6 Å². The van der Waals surface area contributed by atoms with Gasteiger partial charge in [0, 0.05) is 12.6 Å². The molecule has 1 saturated carbocycles. The molecule has 1 unspecified atom stereocenters. The Balaban J connectivity index is 1.92. The van der Waals surface area contributed by atoms with Crippen molar-refractivity contribution in [2.75, 3.05) is 0 Å². The van der Waals surface area contributed by atoms with Gasteiger partial charge in [0.05, 0.1) is 0 Å². The van der Waals surface area contributed by atoms with Gasteiger partial charge in [-0.1, -0.05) is 36.4 Å². The summed E-state index contributed by atoms with van der Waals surface area (Å²) < 4.78 is 27.9. The minimum Gasteiger partial charge on any atom is -0.206 e. The number of hydrogen-bond donors (Lipinski definition) is 0. The van der Waals surface area contributed by atoms with Crippen molar-refractivity contribution in [3.05, 3.63) is 53.4 Å². The van der Waals surface area contributed by atoms with Gasteiger partial charge in [0.2, 0.25) is 0 Å². The van der Waals surface area contributed by atoms with Crippen molar-refractivity contribution in [2.45, 2.75) is 36.6 Å². The van der Waals surface area contributed by atoms with E-state index in [1.54, 1.807) is 16.4 Å². The van der Waals surface area contributed by atoms with Gasteiger partial charge >= 0.3 is 0 Å². The van der Waals surface area contributed by atoms with Crippen molar-refractivity contribution in [3.8, 4) is 0 Å². The van der Waals surface area contributed by atoms with E-state index in [2.05, 4.69) is 0 Å². The molecule has 1 atom stereocenters. The Bertz CT molecular complexity index is 676. The van der Waals surface area contributed by atoms with E-state index in [1.165, 1.54) is 11.3 Å². The van der Waals surface area contributed by atoms with Crippen molar-refractivity contribution in [1.29, 1.82) is 0 Å². The second-order valence-electron chi connectivity index (χ2n) is 5.55. The summed E-state index contributed by atoms with van der Waals surface area (Å²) in [6.45, 7) is 2.48. The van der Waals surface area contributed by atoms with E-state index in [1.807, 2.05) is 42.6 Å². The van der Waals surface area contributed by atoms with Crippen LogP contribution in [0.15, 0.2) is 52.1 Å². The van der Waals surface area contributed by atoms with Crippen molar-refractivity contribution >= 4 is 21.4 Å². The van der Waals surface area contributed by atoms with Crippen molar-refractivity contribution in [1.82, 2.24) is 4.31 Å². The largest absolute Gasteiger partial charge is 0.253 e. The lowest BCUT2D eigenvalue weighted by molar-refractivity contribution is 0.304. The van der Waals surface area contributed by atoms with Crippen molar-refractivity contribution in [3.63, 3.8) is 0 Å². The fraction of sp³-hybridized carbons (Fsp3) is 0.375. The lowest BCUT2D eigenvalue weighted by Crippen LogP contribution is -2.39. The molecule has 21 heavy (non-hydrogen) atoms. The van der Waals surface area contributed by atoms with Gasteiger partial charge < -0.3 is 0 Å². The summed E-state index contributed by atoms with van der Waals surface area (Å²) in [5.74, 6) is 0.503. The maximum absolute atomic E-state index is 12.9. The Morgan fingerprint density at radius 2 is 1.90 bits per heavy atom. The van der Waals surface area contributed by atoms with Crippen LogP contribution in [0.4, 0.5) is 0 Å². The van der Waals surface area contributed by atoms with Crippen LogP contribution in [0.25, 0.3) is 0 Å². The summed E-state index contributed by atoms with van der Waals surface area (Å²) >= 11 is 1.29. The molecule has 1 aromatic carbocycles. The molecule has 0 amide bonds. The Morgan fingerprint density at radius 3 is 2.48 bits per heavy atom. The molecule has 1 aliphatic carbocycles. The van der Waals surface area contributed by atoms with Crippen molar-refractivity contribution in [2.24, 2.45) is 5.92 Å². The van der Waals surface area contributed by atoms with E-state index in [0.29, 0.717) is 16.7 Å². The molecule has 1 fully saturated rings. The maximum atomic E-state index is 12.9. The average Bonchev–Trinajstić information content (AvgIpc) is 3.18. The first-order valence-corrected chi connectivity index (χ1v) is 9.50. The minimum atomic E-state index is -3.41. The van der Waals surface area contributed by atoms with Gasteiger partial charge in [-0.05, 0) is 42.7 Å². The van der Waals surface area contributed by atoms with Gasteiger partial charge in [-0.3, -0.25) is 0 Å². The third-order valence-electron chi connectivity index (χ3n) is 4.00. The zero-order valence-electron chi connectivity index (χ0n) is 12.0. The molecule has 1 aromatic heterocycles. The van der Waals surface area contributed by atoms with Gasteiger partial charge in [0.1, 0.15) is 4.21 Å². The number of rotatable bonds is 6. The molecule has 112 valence electrons. The van der Waals surface area contributed by atoms with Gasteiger partial charge in [-0.25, -0.2) is 8.42 Å². The van der Waals surface area contributed by atoms with E-state index in [9.17, 15) is 8.42 Å². The fourth-order valence-electron chi connectivity index (χ4n) is 2.55. The topological polar surface area (TPSA) is 37.4 Å². The molecule has 1 aliphatic rings. The summed E-state index contributed by atoms with van der Waals surface area (Å²) in [5.41, 5.74) is 1.03. The van der Waals surface area contributed by atoms with Crippen LogP contribution in [0.5, 0.6) is 0 Å². The highest BCUT2D eigenvalue weighted by Crippen LogP contribution is 2.38. The second-order valence-corrected chi connectivity index (χ2v) is 8.61. The molecular weight excluding hydrogens is 302 g/mol. The Morgan fingerprint density at radius 1 is 1.19 bits per heavy atom. The summed E-state index contributed by atoms with van der Waals surface area (Å²) in [6, 6.07) is 13.4. The molecule has 5 heteroatoms. The lowest BCUT2D eigenvalue weighted by Gasteiger charge is -2.28. The van der Waals surface area contributed by atoms with Crippen LogP contribution in [0, 0.1) is 5.92 Å². The highest BCUT2D eigenvalue weighted by atomic mass is 32.2. The van der Waals surface area contributed by atoms with E-state index < -0.39 is 10.0 Å². The lowest BCUT2D eigenvalue weighted by atomic mass is 10.2. The average molecular weight is 321 g/mol. The highest BCUT2D eigenvalue weighted by molar-refractivity contribution is 7.91. The molecule has 0 bridgehead atoms. The standard InChI is InChI=1S/C16H19NO2S2/c1-13(15-9-10-15)17(12-14-6-3-2-4-7-14)21(18,19)16-8-5-11-20-16/h2-8,11,13,15H,9-10,12H2,1H3. The van der Waals surface area contributed by atoms with Gasteiger partial charge in [-0.2, -0.15) is 4.31 Å². The Hall–Kier alpha value is -1.17. The SMILES string of the molecule is CC(C1CC1)N(Cc1ccccc1)S(=O)(=O)c1cccs1. The smallest absolute Gasteiger partial charge is 0.206 e. The number of sulfonamides is 1. The van der Waals surface area contributed by atoms with Crippen LogP contribution in [-0.4, -0.2) is 18.8 Å². The normalized spacial score (nSPS) is 17.0. The summed E-state index contributed by atoms with van der Waals surface area (Å²) in [6.07, 6.45) is 2.26. The number of hydrogen-bond acceptors (Lipinski definition) is 3. The molecule has 0 aliphatic heterocycles. The zero-order valence-corrected chi connectivity index (χ0v) is 13.6. The van der Waals surface area contributed by atoms with Crippen molar-refractivity contribution < 1.29 is 8.42 Å². The van der Waals surface area contributed by atoms with E-state index >= 15 is 0 Å². The summed E-state index contributed by atoms with van der Waals surface area (Å²) in [4.78, 5) is 0. The quantitative estimate of drug-likeness (QED) is 0.813. The predicted molar refractivity (Wildman–Crippen MR) is 85.7 cm³/mol. The summed E-state index contributed by atoms with van der Waals surface area (Å²) in [5, 5.41) is 1.81. The van der Waals surface area contributed by atoms with Gasteiger partial charge in [-0.15, -0.1) is 11.3 Å². The van der Waals surface area contributed by atoms with E-state index in [0.717, 1.165) is 18.4 Å². The molecule has 2 aromatic rings. The van der Waals surface area contributed by atoms with Crippen LogP contribution in [0.1, 0.15) is 25.3 Å². The van der Waals surface area contributed by atoms with Gasteiger partial charge in [0.15, 0.2) is 0 Å². The third-order valence-corrected chi connectivity index (χ3v) is 7.30. The van der Waals surface area contributed by atoms with E-state index in [4.69, 9.17) is 0 Å². The summed E-state index contributed by atoms with van der Waals surface area (Å²) in [7, 11) is -3.41. The minimum absolute atomic E-state index is 0.0531. The monoisotopic (exact) mass is 321 g/mol. The number of thiophene rings is 1. The molecule has 0 N–H and O–H groups in total. The predicted octanol–water partition coefficient (Wildman–Crippen LogP) is 3.74. The first-order chi connectivity index (χ1) is 10.1. The first kappa shape index (κ1) is 14.8. The molecule has 0 radical (unpaired) electrons. The maximum Gasteiger partial charge on any atom is 0.253 e. The molecule has 0 spiro atoms. The Kier molecular flexibility index (Phi) is 4.15. The number of benzene rings is 1. The Labute approximate surface area is 130 Å². The van der Waals surface area contributed by atoms with E-state index in [-0.39, 0.29) is 6.04 Å². The van der Waals surface area contributed by atoms with Crippen LogP contribution >= 0.6 is 11.3 Å². The highest BCUT2D eigenvalue weighted by Gasteiger charge is 2.38. The fourth-order valence-corrected chi connectivity index (χ4v) is 5.35. The van der Waals surface area contributed by atoms with Crippen LogP contribution in [0.2, 0.25) is 0 Å².